The van der Waals surface area contributed by atoms with Crippen molar-refractivity contribution >= 4 is 11.0 Å². The number of rotatable bonds is 3. The van der Waals surface area contributed by atoms with Gasteiger partial charge >= 0.3 is 0 Å². The highest BCUT2D eigenvalue weighted by atomic mass is 16.1. The standard InChI is InChI=1S/C20H17N3O/c1-2-15-13-17(24)18-19(14-9-5-3-6-10-14)22-23(20(18)21-15)16-11-7-4-8-12-16/h3-13H,2H2,1H3,(H,21,24). The van der Waals surface area contributed by atoms with Crippen LogP contribution in [0.2, 0.25) is 0 Å². The highest BCUT2D eigenvalue weighted by Gasteiger charge is 2.17. The van der Waals surface area contributed by atoms with Crippen LogP contribution in [0.1, 0.15) is 12.6 Å². The molecule has 24 heavy (non-hydrogen) atoms. The maximum Gasteiger partial charge on any atom is 0.193 e. The zero-order chi connectivity index (χ0) is 16.5. The second-order valence-corrected chi connectivity index (χ2v) is 5.70. The van der Waals surface area contributed by atoms with Gasteiger partial charge in [0.2, 0.25) is 0 Å². The molecule has 0 amide bonds. The van der Waals surface area contributed by atoms with Crippen molar-refractivity contribution in [2.75, 3.05) is 0 Å². The van der Waals surface area contributed by atoms with E-state index in [2.05, 4.69) is 4.98 Å². The minimum absolute atomic E-state index is 0.00151. The molecule has 118 valence electrons. The molecule has 1 N–H and O–H groups in total. The van der Waals surface area contributed by atoms with Gasteiger partial charge in [-0.3, -0.25) is 4.79 Å². The second-order valence-electron chi connectivity index (χ2n) is 5.70. The molecule has 4 aromatic rings. The van der Waals surface area contributed by atoms with E-state index in [4.69, 9.17) is 5.10 Å². The zero-order valence-corrected chi connectivity index (χ0v) is 13.4. The van der Waals surface area contributed by atoms with E-state index in [-0.39, 0.29) is 5.43 Å². The van der Waals surface area contributed by atoms with Gasteiger partial charge < -0.3 is 4.98 Å². The maximum absolute atomic E-state index is 12.7. The fourth-order valence-electron chi connectivity index (χ4n) is 2.93. The molecular weight excluding hydrogens is 298 g/mol. The number of benzene rings is 2. The van der Waals surface area contributed by atoms with Crippen molar-refractivity contribution in [1.29, 1.82) is 0 Å². The van der Waals surface area contributed by atoms with Gasteiger partial charge in [-0.2, -0.15) is 5.10 Å². The third-order valence-corrected chi connectivity index (χ3v) is 4.14. The number of H-pyrrole nitrogens is 1. The average Bonchev–Trinajstić information content (AvgIpc) is 3.03. The van der Waals surface area contributed by atoms with Gasteiger partial charge in [-0.1, -0.05) is 55.5 Å². The molecule has 0 saturated carbocycles. The Morgan fingerprint density at radius 2 is 1.67 bits per heavy atom. The van der Waals surface area contributed by atoms with Crippen LogP contribution in [0.25, 0.3) is 28.0 Å². The number of nitrogens with one attached hydrogen (secondary N) is 1. The molecule has 2 heterocycles. The molecule has 0 radical (unpaired) electrons. The molecule has 0 aliphatic heterocycles. The lowest BCUT2D eigenvalue weighted by molar-refractivity contribution is 0.892. The van der Waals surface area contributed by atoms with Gasteiger partial charge in [0.1, 0.15) is 11.3 Å². The zero-order valence-electron chi connectivity index (χ0n) is 13.4. The first kappa shape index (κ1) is 14.5. The number of hydrogen-bond acceptors (Lipinski definition) is 2. The maximum atomic E-state index is 12.7. The SMILES string of the molecule is CCc1cc(=O)c2c(-c3ccccc3)nn(-c3ccccc3)c2[nH]1. The second kappa shape index (κ2) is 5.81. The van der Waals surface area contributed by atoms with Crippen LogP contribution in [0.5, 0.6) is 0 Å². The molecule has 0 spiro atoms. The van der Waals surface area contributed by atoms with Gasteiger partial charge in [0, 0.05) is 17.3 Å². The molecule has 4 rings (SSSR count). The van der Waals surface area contributed by atoms with Gasteiger partial charge in [0.15, 0.2) is 5.43 Å². The summed E-state index contributed by atoms with van der Waals surface area (Å²) in [6.07, 6.45) is 0.770. The fraction of sp³-hybridized carbons (Fsp3) is 0.100. The lowest BCUT2D eigenvalue weighted by Gasteiger charge is -2.04. The lowest BCUT2D eigenvalue weighted by Crippen LogP contribution is -2.06. The Bertz CT molecular complexity index is 1050. The number of hydrogen-bond donors (Lipinski definition) is 1. The molecule has 0 aliphatic carbocycles. The average molecular weight is 315 g/mol. The number of para-hydroxylation sites is 1. The quantitative estimate of drug-likeness (QED) is 0.622. The summed E-state index contributed by atoms with van der Waals surface area (Å²) in [5.74, 6) is 0. The Labute approximate surface area is 139 Å². The summed E-state index contributed by atoms with van der Waals surface area (Å²) in [7, 11) is 0. The summed E-state index contributed by atoms with van der Waals surface area (Å²) in [5, 5.41) is 5.38. The van der Waals surface area contributed by atoms with Crippen LogP contribution in [0.4, 0.5) is 0 Å². The summed E-state index contributed by atoms with van der Waals surface area (Å²) in [4.78, 5) is 16.1. The fourth-order valence-corrected chi connectivity index (χ4v) is 2.93. The molecule has 2 aromatic carbocycles. The van der Waals surface area contributed by atoms with Gasteiger partial charge in [-0.25, -0.2) is 4.68 Å². The molecule has 2 aromatic heterocycles. The Kier molecular flexibility index (Phi) is 3.50. The number of pyridine rings is 1. The summed E-state index contributed by atoms with van der Waals surface area (Å²) in [6, 6.07) is 21.4. The first-order chi connectivity index (χ1) is 11.8. The van der Waals surface area contributed by atoms with Crippen LogP contribution in [-0.2, 0) is 6.42 Å². The summed E-state index contributed by atoms with van der Waals surface area (Å²) < 4.78 is 1.82. The molecular formula is C20H17N3O. The summed E-state index contributed by atoms with van der Waals surface area (Å²) in [5.41, 5.74) is 4.22. The van der Waals surface area contributed by atoms with E-state index in [0.717, 1.165) is 29.0 Å². The smallest absolute Gasteiger partial charge is 0.193 e. The molecule has 4 nitrogen and oxygen atoms in total. The largest absolute Gasteiger partial charge is 0.343 e. The summed E-state index contributed by atoms with van der Waals surface area (Å²) in [6.45, 7) is 2.03. The number of fused-ring (bicyclic) bond motifs is 1. The van der Waals surface area contributed by atoms with E-state index in [1.807, 2.05) is 72.3 Å². The van der Waals surface area contributed by atoms with Crippen molar-refractivity contribution in [3.63, 3.8) is 0 Å². The van der Waals surface area contributed by atoms with Crippen molar-refractivity contribution in [3.8, 4) is 16.9 Å². The Morgan fingerprint density at radius 3 is 2.33 bits per heavy atom. The normalized spacial score (nSPS) is 11.0. The molecule has 4 heteroatoms. The van der Waals surface area contributed by atoms with Crippen molar-refractivity contribution < 1.29 is 0 Å². The van der Waals surface area contributed by atoms with Crippen molar-refractivity contribution in [2.24, 2.45) is 0 Å². The van der Waals surface area contributed by atoms with Gasteiger partial charge in [0.05, 0.1) is 11.1 Å². The van der Waals surface area contributed by atoms with Crippen LogP contribution in [0.3, 0.4) is 0 Å². The highest BCUT2D eigenvalue weighted by molar-refractivity contribution is 5.92. The van der Waals surface area contributed by atoms with Gasteiger partial charge in [-0.15, -0.1) is 0 Å². The molecule has 0 bridgehead atoms. The minimum atomic E-state index is 0.00151. The Hall–Kier alpha value is -3.14. The summed E-state index contributed by atoms with van der Waals surface area (Å²) >= 11 is 0. The molecule has 0 aliphatic rings. The van der Waals surface area contributed by atoms with E-state index in [1.165, 1.54) is 0 Å². The van der Waals surface area contributed by atoms with E-state index in [0.29, 0.717) is 11.1 Å². The number of aromatic nitrogens is 3. The molecule has 0 unspecified atom stereocenters. The predicted molar refractivity (Wildman–Crippen MR) is 96.5 cm³/mol. The number of aromatic amines is 1. The van der Waals surface area contributed by atoms with Crippen LogP contribution < -0.4 is 5.43 Å². The van der Waals surface area contributed by atoms with Gasteiger partial charge in [-0.05, 0) is 18.6 Å². The third-order valence-electron chi connectivity index (χ3n) is 4.14. The first-order valence-electron chi connectivity index (χ1n) is 8.03. The van der Waals surface area contributed by atoms with E-state index in [1.54, 1.807) is 6.07 Å². The molecule has 0 saturated heterocycles. The van der Waals surface area contributed by atoms with Gasteiger partial charge in [0.25, 0.3) is 0 Å². The van der Waals surface area contributed by atoms with E-state index >= 15 is 0 Å². The highest BCUT2D eigenvalue weighted by Crippen LogP contribution is 2.26. The van der Waals surface area contributed by atoms with Crippen molar-refractivity contribution in [2.45, 2.75) is 13.3 Å². The van der Waals surface area contributed by atoms with Crippen molar-refractivity contribution in [3.05, 3.63) is 82.6 Å². The topological polar surface area (TPSA) is 50.7 Å². The van der Waals surface area contributed by atoms with Crippen LogP contribution >= 0.6 is 0 Å². The first-order valence-corrected chi connectivity index (χ1v) is 8.03. The van der Waals surface area contributed by atoms with Crippen LogP contribution in [-0.4, -0.2) is 14.8 Å². The Morgan fingerprint density at radius 1 is 1.00 bits per heavy atom. The number of aryl methyl sites for hydroxylation is 1. The van der Waals surface area contributed by atoms with Crippen LogP contribution in [0.15, 0.2) is 71.5 Å². The Balaban J connectivity index is 2.10. The van der Waals surface area contributed by atoms with Crippen molar-refractivity contribution in [1.82, 2.24) is 14.8 Å². The monoisotopic (exact) mass is 315 g/mol. The van der Waals surface area contributed by atoms with E-state index < -0.39 is 0 Å². The lowest BCUT2D eigenvalue weighted by atomic mass is 10.1. The minimum Gasteiger partial charge on any atom is -0.343 e. The molecule has 0 atom stereocenters. The predicted octanol–water partition coefficient (Wildman–Crippen LogP) is 3.94. The number of nitrogens with zero attached hydrogens (tertiary/aromatic N) is 2. The van der Waals surface area contributed by atoms with E-state index in [9.17, 15) is 4.79 Å². The molecule has 0 fully saturated rings. The van der Waals surface area contributed by atoms with Crippen LogP contribution in [0, 0.1) is 0 Å². The third kappa shape index (κ3) is 2.33.